The van der Waals surface area contributed by atoms with Crippen LogP contribution in [0.2, 0.25) is 0 Å². The van der Waals surface area contributed by atoms with Gasteiger partial charge in [-0.3, -0.25) is 0 Å². The molecule has 0 saturated heterocycles. The Kier molecular flexibility index (Phi) is 5.24. The van der Waals surface area contributed by atoms with E-state index in [4.69, 9.17) is 4.74 Å². The number of nitrogens with zero attached hydrogens (tertiary/aromatic N) is 1. The van der Waals surface area contributed by atoms with Gasteiger partial charge in [-0.05, 0) is 53.3 Å². The minimum Gasteiger partial charge on any atom is -0.624 e. The fourth-order valence-corrected chi connectivity index (χ4v) is 3.58. The second kappa shape index (κ2) is 8.13. The summed E-state index contributed by atoms with van der Waals surface area (Å²) in [6.07, 6.45) is 3.91. The Bertz CT molecular complexity index is 1020. The van der Waals surface area contributed by atoms with Gasteiger partial charge in [0.15, 0.2) is 0 Å². The average Bonchev–Trinajstić information content (AvgIpc) is 3.12. The standard InChI is InChI=1S/C25H23NO2/c1-26(27)25-18-23(20-12-6-3-7-13-20)22-15-14-21(17-24(22)25)28-16-8-11-19-9-4-2-5-10-19/h2-7,9-10,12-15,17-18H,8,11,16H2,1H3/b26-25+. The van der Waals surface area contributed by atoms with Gasteiger partial charge in [0.1, 0.15) is 12.8 Å². The highest BCUT2D eigenvalue weighted by atomic mass is 16.5. The molecule has 140 valence electrons. The molecule has 0 fully saturated rings. The first kappa shape index (κ1) is 18.1. The summed E-state index contributed by atoms with van der Waals surface area (Å²) < 4.78 is 6.89. The lowest BCUT2D eigenvalue weighted by molar-refractivity contribution is -0.421. The topological polar surface area (TPSA) is 35.3 Å². The molecule has 3 heteroatoms. The second-order valence-corrected chi connectivity index (χ2v) is 6.95. The maximum Gasteiger partial charge on any atom is 0.219 e. The Morgan fingerprint density at radius 1 is 0.857 bits per heavy atom. The maximum atomic E-state index is 12.1. The molecule has 28 heavy (non-hydrogen) atoms. The van der Waals surface area contributed by atoms with Gasteiger partial charge in [-0.2, -0.15) is 0 Å². The summed E-state index contributed by atoms with van der Waals surface area (Å²) in [6.45, 7) is 0.648. The van der Waals surface area contributed by atoms with Crippen LogP contribution in [0.3, 0.4) is 0 Å². The zero-order valence-corrected chi connectivity index (χ0v) is 16.0. The summed E-state index contributed by atoms with van der Waals surface area (Å²) in [4.78, 5) is 0. The van der Waals surface area contributed by atoms with E-state index in [1.165, 1.54) is 12.6 Å². The second-order valence-electron chi connectivity index (χ2n) is 6.95. The van der Waals surface area contributed by atoms with Crippen LogP contribution in [0, 0.1) is 5.21 Å². The minimum absolute atomic E-state index is 0.648. The average molecular weight is 369 g/mol. The molecule has 1 aliphatic rings. The highest BCUT2D eigenvalue weighted by molar-refractivity contribution is 6.19. The number of ether oxygens (including phenoxy) is 1. The smallest absolute Gasteiger partial charge is 0.219 e. The van der Waals surface area contributed by atoms with Crippen LogP contribution in [-0.4, -0.2) is 24.1 Å². The first-order valence-electron chi connectivity index (χ1n) is 9.59. The van der Waals surface area contributed by atoms with E-state index in [0.29, 0.717) is 12.3 Å². The lowest BCUT2D eigenvalue weighted by atomic mass is 9.99. The Morgan fingerprint density at radius 3 is 2.29 bits per heavy atom. The van der Waals surface area contributed by atoms with Gasteiger partial charge in [0, 0.05) is 6.08 Å². The maximum absolute atomic E-state index is 12.1. The van der Waals surface area contributed by atoms with Crippen LogP contribution in [0.25, 0.3) is 5.57 Å². The van der Waals surface area contributed by atoms with Crippen molar-refractivity contribution < 1.29 is 9.48 Å². The van der Waals surface area contributed by atoms with E-state index < -0.39 is 0 Å². The Labute approximate surface area is 165 Å². The Morgan fingerprint density at radius 2 is 1.57 bits per heavy atom. The predicted molar refractivity (Wildman–Crippen MR) is 114 cm³/mol. The summed E-state index contributed by atoms with van der Waals surface area (Å²) in [5.41, 5.74) is 6.17. The zero-order chi connectivity index (χ0) is 19.3. The van der Waals surface area contributed by atoms with E-state index in [0.717, 1.165) is 45.6 Å². The lowest BCUT2D eigenvalue weighted by Gasteiger charge is -2.10. The van der Waals surface area contributed by atoms with Crippen LogP contribution in [0.5, 0.6) is 5.75 Å². The molecule has 0 aromatic heterocycles. The third-order valence-corrected chi connectivity index (χ3v) is 4.98. The van der Waals surface area contributed by atoms with E-state index >= 15 is 0 Å². The van der Waals surface area contributed by atoms with Crippen LogP contribution in [0.15, 0.2) is 84.9 Å². The molecular weight excluding hydrogens is 346 g/mol. The van der Waals surface area contributed by atoms with Crippen molar-refractivity contribution in [2.45, 2.75) is 12.8 Å². The SMILES string of the molecule is C/[N+]([O-])=C1/C=C(c2ccccc2)c2ccc(OCCCc3ccccc3)cc21. The largest absolute Gasteiger partial charge is 0.624 e. The van der Waals surface area contributed by atoms with Gasteiger partial charge in [0.2, 0.25) is 5.71 Å². The highest BCUT2D eigenvalue weighted by Crippen LogP contribution is 2.35. The Balaban J connectivity index is 1.50. The van der Waals surface area contributed by atoms with Crippen molar-refractivity contribution in [3.8, 4) is 5.75 Å². The van der Waals surface area contributed by atoms with E-state index in [9.17, 15) is 5.21 Å². The van der Waals surface area contributed by atoms with Gasteiger partial charge in [-0.25, -0.2) is 4.74 Å². The van der Waals surface area contributed by atoms with Gasteiger partial charge >= 0.3 is 0 Å². The molecule has 0 bridgehead atoms. The molecule has 1 aliphatic carbocycles. The van der Waals surface area contributed by atoms with Gasteiger partial charge in [0.25, 0.3) is 0 Å². The molecule has 0 heterocycles. The number of benzene rings is 3. The third kappa shape index (κ3) is 3.84. The quantitative estimate of drug-likeness (QED) is 0.263. The number of hydroxylamine groups is 1. The summed E-state index contributed by atoms with van der Waals surface area (Å²) in [5.74, 6) is 0.800. The monoisotopic (exact) mass is 369 g/mol. The molecule has 3 nitrogen and oxygen atoms in total. The van der Waals surface area contributed by atoms with Crippen molar-refractivity contribution in [3.05, 3.63) is 112 Å². The van der Waals surface area contributed by atoms with Crippen LogP contribution in [0.4, 0.5) is 0 Å². The van der Waals surface area contributed by atoms with Crippen molar-refractivity contribution in [1.82, 2.24) is 0 Å². The molecule has 0 N–H and O–H groups in total. The normalized spacial score (nSPS) is 14.4. The summed E-state index contributed by atoms with van der Waals surface area (Å²) >= 11 is 0. The number of allylic oxidation sites excluding steroid dienone is 1. The highest BCUT2D eigenvalue weighted by Gasteiger charge is 2.25. The van der Waals surface area contributed by atoms with Crippen molar-refractivity contribution >= 4 is 11.3 Å². The molecular formula is C25H23NO2. The van der Waals surface area contributed by atoms with E-state index in [1.807, 2.05) is 42.5 Å². The van der Waals surface area contributed by atoms with E-state index in [-0.39, 0.29) is 0 Å². The van der Waals surface area contributed by atoms with Crippen molar-refractivity contribution in [1.29, 1.82) is 0 Å². The van der Waals surface area contributed by atoms with Gasteiger partial charge < -0.3 is 9.94 Å². The summed E-state index contributed by atoms with van der Waals surface area (Å²) in [7, 11) is 1.54. The fourth-order valence-electron chi connectivity index (χ4n) is 3.58. The number of hydrogen-bond acceptors (Lipinski definition) is 2. The molecule has 3 aromatic rings. The molecule has 0 radical (unpaired) electrons. The van der Waals surface area contributed by atoms with E-state index in [1.54, 1.807) is 0 Å². The van der Waals surface area contributed by atoms with Gasteiger partial charge in [-0.1, -0.05) is 60.7 Å². The zero-order valence-electron chi connectivity index (χ0n) is 16.0. The molecule has 0 saturated carbocycles. The Hall–Kier alpha value is -3.33. The van der Waals surface area contributed by atoms with Crippen LogP contribution in [-0.2, 0) is 6.42 Å². The van der Waals surface area contributed by atoms with Crippen molar-refractivity contribution in [2.24, 2.45) is 0 Å². The molecule has 4 rings (SSSR count). The van der Waals surface area contributed by atoms with Crippen molar-refractivity contribution in [3.63, 3.8) is 0 Å². The first-order valence-corrected chi connectivity index (χ1v) is 9.59. The first-order chi connectivity index (χ1) is 13.7. The van der Waals surface area contributed by atoms with Gasteiger partial charge in [0.05, 0.1) is 12.2 Å². The molecule has 0 amide bonds. The lowest BCUT2D eigenvalue weighted by Crippen LogP contribution is -2.09. The van der Waals surface area contributed by atoms with Crippen LogP contribution in [0.1, 0.15) is 28.7 Å². The molecule has 0 atom stereocenters. The predicted octanol–water partition coefficient (Wildman–Crippen LogP) is 5.07. The van der Waals surface area contributed by atoms with Crippen LogP contribution < -0.4 is 4.74 Å². The molecule has 3 aromatic carbocycles. The summed E-state index contributed by atoms with van der Waals surface area (Å²) in [5, 5.41) is 12.1. The van der Waals surface area contributed by atoms with Gasteiger partial charge in [-0.15, -0.1) is 0 Å². The number of hydrogen-bond donors (Lipinski definition) is 0. The van der Waals surface area contributed by atoms with E-state index in [2.05, 4.69) is 42.5 Å². The molecule has 0 unspecified atom stereocenters. The summed E-state index contributed by atoms with van der Waals surface area (Å²) in [6, 6.07) is 26.6. The number of fused-ring (bicyclic) bond motifs is 1. The molecule has 0 spiro atoms. The van der Waals surface area contributed by atoms with Crippen molar-refractivity contribution in [2.75, 3.05) is 13.7 Å². The molecule has 0 aliphatic heterocycles. The minimum atomic E-state index is 0.648. The number of rotatable bonds is 6. The number of aryl methyl sites for hydroxylation is 1. The van der Waals surface area contributed by atoms with Crippen LogP contribution >= 0.6 is 0 Å². The fraction of sp³-hybridized carbons (Fsp3) is 0.160. The third-order valence-electron chi connectivity index (χ3n) is 4.98.